The topological polar surface area (TPSA) is 36.4 Å². The highest BCUT2D eigenvalue weighted by atomic mass is 19.1. The van der Waals surface area contributed by atoms with Crippen molar-refractivity contribution in [1.82, 2.24) is 4.98 Å². The molecule has 4 heteroatoms. The van der Waals surface area contributed by atoms with Crippen LogP contribution in [-0.2, 0) is 0 Å². The van der Waals surface area contributed by atoms with Gasteiger partial charge in [-0.3, -0.25) is 0 Å². The van der Waals surface area contributed by atoms with Crippen molar-refractivity contribution in [2.75, 3.05) is 18.0 Å². The van der Waals surface area contributed by atoms with Crippen LogP contribution < -0.4 is 4.90 Å². The van der Waals surface area contributed by atoms with Crippen molar-refractivity contribution in [2.24, 2.45) is 0 Å². The summed E-state index contributed by atoms with van der Waals surface area (Å²) in [5.74, 6) is 0.122. The van der Waals surface area contributed by atoms with Crippen LogP contribution in [0.5, 0.6) is 0 Å². The van der Waals surface area contributed by atoms with Gasteiger partial charge >= 0.3 is 0 Å². The summed E-state index contributed by atoms with van der Waals surface area (Å²) < 4.78 is 12.8. The predicted molar refractivity (Wildman–Crippen MR) is 51.6 cm³/mol. The second-order valence-corrected chi connectivity index (χ2v) is 3.99. The third-order valence-corrected chi connectivity index (χ3v) is 2.48. The van der Waals surface area contributed by atoms with E-state index < -0.39 is 11.5 Å². The first-order chi connectivity index (χ1) is 6.57. The average molecular weight is 196 g/mol. The molecule has 1 aromatic rings. The van der Waals surface area contributed by atoms with Gasteiger partial charge < -0.3 is 10.0 Å². The molecule has 2 heterocycles. The van der Waals surface area contributed by atoms with Gasteiger partial charge in [-0.25, -0.2) is 4.98 Å². The fourth-order valence-corrected chi connectivity index (χ4v) is 1.71. The molecule has 1 atom stereocenters. The van der Waals surface area contributed by atoms with Crippen LogP contribution in [0.15, 0.2) is 18.2 Å². The SMILES string of the molecule is CC1(O)CCN(c2cccc(F)n2)C1. The average Bonchev–Trinajstić information content (AvgIpc) is 2.46. The third kappa shape index (κ3) is 1.85. The van der Waals surface area contributed by atoms with E-state index >= 15 is 0 Å². The number of hydrogen-bond acceptors (Lipinski definition) is 3. The number of aromatic nitrogens is 1. The molecule has 1 saturated heterocycles. The van der Waals surface area contributed by atoms with E-state index in [0.29, 0.717) is 18.8 Å². The molecule has 76 valence electrons. The number of β-amino-alcohol motifs (C(OH)–C–C–N with tert-alkyl or cyclic N) is 1. The molecule has 0 aromatic carbocycles. The summed E-state index contributed by atoms with van der Waals surface area (Å²) in [6.07, 6.45) is 0.700. The fourth-order valence-electron chi connectivity index (χ4n) is 1.71. The maximum atomic E-state index is 12.8. The highest BCUT2D eigenvalue weighted by Crippen LogP contribution is 2.24. The first-order valence-electron chi connectivity index (χ1n) is 4.67. The molecule has 0 radical (unpaired) electrons. The van der Waals surface area contributed by atoms with Crippen LogP contribution in [-0.4, -0.2) is 28.8 Å². The number of rotatable bonds is 1. The van der Waals surface area contributed by atoms with E-state index in [4.69, 9.17) is 0 Å². The van der Waals surface area contributed by atoms with Gasteiger partial charge in [-0.1, -0.05) is 6.07 Å². The Kier molecular flexibility index (Phi) is 2.15. The molecule has 1 aromatic heterocycles. The molecule has 0 bridgehead atoms. The number of hydrogen-bond donors (Lipinski definition) is 1. The Morgan fingerprint density at radius 2 is 2.36 bits per heavy atom. The number of halogens is 1. The van der Waals surface area contributed by atoms with Crippen LogP contribution in [0, 0.1) is 5.95 Å². The van der Waals surface area contributed by atoms with E-state index in [0.717, 1.165) is 6.54 Å². The summed E-state index contributed by atoms with van der Waals surface area (Å²) >= 11 is 0. The summed E-state index contributed by atoms with van der Waals surface area (Å²) in [7, 11) is 0. The Morgan fingerprint density at radius 1 is 1.57 bits per heavy atom. The Labute approximate surface area is 82.2 Å². The molecule has 1 fully saturated rings. The van der Waals surface area contributed by atoms with Crippen LogP contribution in [0.2, 0.25) is 0 Å². The van der Waals surface area contributed by atoms with Crippen molar-refractivity contribution in [2.45, 2.75) is 18.9 Å². The molecule has 14 heavy (non-hydrogen) atoms. The second kappa shape index (κ2) is 3.20. The van der Waals surface area contributed by atoms with Gasteiger partial charge in [0.2, 0.25) is 5.95 Å². The van der Waals surface area contributed by atoms with Crippen molar-refractivity contribution >= 4 is 5.82 Å². The van der Waals surface area contributed by atoms with Crippen LogP contribution in [0.25, 0.3) is 0 Å². The molecule has 0 saturated carbocycles. The van der Waals surface area contributed by atoms with E-state index in [2.05, 4.69) is 4.98 Å². The van der Waals surface area contributed by atoms with E-state index in [9.17, 15) is 9.50 Å². The Balaban J connectivity index is 2.17. The first-order valence-corrected chi connectivity index (χ1v) is 4.67. The monoisotopic (exact) mass is 196 g/mol. The summed E-state index contributed by atoms with van der Waals surface area (Å²) in [6.45, 7) is 3.03. The second-order valence-electron chi connectivity index (χ2n) is 3.99. The molecule has 2 rings (SSSR count). The Morgan fingerprint density at radius 3 is 2.93 bits per heavy atom. The smallest absolute Gasteiger partial charge is 0.214 e. The summed E-state index contributed by atoms with van der Waals surface area (Å²) in [5, 5.41) is 9.73. The van der Waals surface area contributed by atoms with Crippen molar-refractivity contribution in [3.05, 3.63) is 24.1 Å². The van der Waals surface area contributed by atoms with Gasteiger partial charge in [0.25, 0.3) is 0 Å². The van der Waals surface area contributed by atoms with Gasteiger partial charge in [0.1, 0.15) is 5.82 Å². The number of anilines is 1. The van der Waals surface area contributed by atoms with Crippen LogP contribution >= 0.6 is 0 Å². The van der Waals surface area contributed by atoms with Gasteiger partial charge in [0, 0.05) is 13.1 Å². The quantitative estimate of drug-likeness (QED) is 0.685. The van der Waals surface area contributed by atoms with Crippen molar-refractivity contribution < 1.29 is 9.50 Å². The third-order valence-electron chi connectivity index (χ3n) is 2.48. The lowest BCUT2D eigenvalue weighted by Crippen LogP contribution is -2.30. The van der Waals surface area contributed by atoms with Gasteiger partial charge in [0.15, 0.2) is 0 Å². The first kappa shape index (κ1) is 9.40. The predicted octanol–water partition coefficient (Wildman–Crippen LogP) is 1.18. The van der Waals surface area contributed by atoms with Crippen molar-refractivity contribution in [3.8, 4) is 0 Å². The van der Waals surface area contributed by atoms with Crippen LogP contribution in [0.1, 0.15) is 13.3 Å². The van der Waals surface area contributed by atoms with Crippen LogP contribution in [0.3, 0.4) is 0 Å². The summed E-state index contributed by atoms with van der Waals surface area (Å²) in [4.78, 5) is 5.66. The minimum absolute atomic E-state index is 0.478. The fraction of sp³-hybridized carbons (Fsp3) is 0.500. The van der Waals surface area contributed by atoms with E-state index in [1.54, 1.807) is 19.1 Å². The van der Waals surface area contributed by atoms with E-state index in [1.807, 2.05) is 4.90 Å². The standard InChI is InChI=1S/C10H13FN2O/c1-10(14)5-6-13(7-10)9-4-2-3-8(11)12-9/h2-4,14H,5-7H2,1H3. The maximum absolute atomic E-state index is 12.8. The maximum Gasteiger partial charge on any atom is 0.214 e. The van der Waals surface area contributed by atoms with Gasteiger partial charge in [-0.05, 0) is 25.5 Å². The number of aliphatic hydroxyl groups is 1. The van der Waals surface area contributed by atoms with Gasteiger partial charge in [-0.15, -0.1) is 0 Å². The Bertz CT molecular complexity index is 341. The molecule has 1 N–H and O–H groups in total. The normalized spacial score (nSPS) is 26.9. The minimum atomic E-state index is -0.673. The summed E-state index contributed by atoms with van der Waals surface area (Å²) in [6, 6.07) is 4.70. The lowest BCUT2D eigenvalue weighted by Gasteiger charge is -2.19. The van der Waals surface area contributed by atoms with E-state index in [1.165, 1.54) is 6.07 Å². The van der Waals surface area contributed by atoms with Gasteiger partial charge in [-0.2, -0.15) is 4.39 Å². The highest BCUT2D eigenvalue weighted by molar-refractivity contribution is 5.40. The highest BCUT2D eigenvalue weighted by Gasteiger charge is 2.31. The molecule has 0 spiro atoms. The largest absolute Gasteiger partial charge is 0.388 e. The minimum Gasteiger partial charge on any atom is -0.388 e. The zero-order valence-corrected chi connectivity index (χ0v) is 8.07. The number of nitrogens with zero attached hydrogens (tertiary/aromatic N) is 2. The lowest BCUT2D eigenvalue weighted by atomic mass is 10.1. The molecule has 1 aliphatic rings. The van der Waals surface area contributed by atoms with Gasteiger partial charge in [0.05, 0.1) is 5.60 Å². The molecular formula is C10H13FN2O. The molecule has 3 nitrogen and oxygen atoms in total. The molecule has 0 aliphatic carbocycles. The lowest BCUT2D eigenvalue weighted by molar-refractivity contribution is 0.0839. The number of pyridine rings is 1. The van der Waals surface area contributed by atoms with Crippen molar-refractivity contribution in [3.63, 3.8) is 0 Å². The van der Waals surface area contributed by atoms with E-state index in [-0.39, 0.29) is 0 Å². The zero-order chi connectivity index (χ0) is 10.2. The molecule has 1 aliphatic heterocycles. The molecular weight excluding hydrogens is 183 g/mol. The van der Waals surface area contributed by atoms with Crippen molar-refractivity contribution in [1.29, 1.82) is 0 Å². The molecule has 0 amide bonds. The molecule has 1 unspecified atom stereocenters. The summed E-state index contributed by atoms with van der Waals surface area (Å²) in [5.41, 5.74) is -0.673. The Hall–Kier alpha value is -1.16. The van der Waals surface area contributed by atoms with Crippen LogP contribution in [0.4, 0.5) is 10.2 Å². The zero-order valence-electron chi connectivity index (χ0n) is 8.07.